The first-order valence-electron chi connectivity index (χ1n) is 7.90. The number of fused-ring (bicyclic) bond motifs is 3. The topological polar surface area (TPSA) is 55.8 Å². The average Bonchev–Trinajstić information content (AvgIpc) is 2.92. The van der Waals surface area contributed by atoms with E-state index in [1.54, 1.807) is 6.92 Å². The average molecular weight is 335 g/mol. The molecular weight excluding hydrogens is 316 g/mol. The summed E-state index contributed by atoms with van der Waals surface area (Å²) in [7, 11) is 0. The maximum atomic E-state index is 12.1. The summed E-state index contributed by atoms with van der Waals surface area (Å²) in [4.78, 5) is 12.1. The molecule has 1 aliphatic heterocycles. The molecule has 1 saturated heterocycles. The molecule has 1 N–H and O–H groups in total. The first-order valence-corrected chi connectivity index (χ1v) is 8.28. The molecule has 1 aromatic carbocycles. The number of hydrogen-bond donors (Lipinski definition) is 1. The zero-order chi connectivity index (χ0) is 16.5. The summed E-state index contributed by atoms with van der Waals surface area (Å²) in [6.07, 6.45) is 3.08. The molecule has 4 rings (SSSR count). The molecule has 5 heteroatoms. The molecule has 0 radical (unpaired) electrons. The number of hydrogen-bond acceptors (Lipinski definition) is 3. The van der Waals surface area contributed by atoms with Crippen LogP contribution in [0.2, 0.25) is 0 Å². The van der Waals surface area contributed by atoms with Crippen LogP contribution in [0.25, 0.3) is 5.57 Å². The Morgan fingerprint density at radius 2 is 2.09 bits per heavy atom. The predicted octanol–water partition coefficient (Wildman–Crippen LogP) is 3.58. The first kappa shape index (κ1) is 15.2. The minimum Gasteiger partial charge on any atom is -0.481 e. The molecule has 0 amide bonds. The summed E-state index contributed by atoms with van der Waals surface area (Å²) in [5.41, 5.74) is 1.97. The van der Waals surface area contributed by atoms with Gasteiger partial charge in [-0.3, -0.25) is 4.79 Å². The van der Waals surface area contributed by atoms with Gasteiger partial charge >= 0.3 is 5.97 Å². The fourth-order valence-corrected chi connectivity index (χ4v) is 4.23. The second kappa shape index (κ2) is 4.59. The van der Waals surface area contributed by atoms with Crippen molar-refractivity contribution >= 4 is 23.1 Å². The number of halogens is 1. The Balaban J connectivity index is 1.86. The lowest BCUT2D eigenvalue weighted by molar-refractivity contribution is -0.160. The fourth-order valence-electron chi connectivity index (χ4n) is 4.05. The number of aliphatic carboxylic acids is 1. The highest BCUT2D eigenvalue weighted by atomic mass is 35.5. The van der Waals surface area contributed by atoms with Gasteiger partial charge in [0.1, 0.15) is 6.10 Å². The molecule has 4 nitrogen and oxygen atoms in total. The van der Waals surface area contributed by atoms with Crippen molar-refractivity contribution in [3.8, 4) is 0 Å². The maximum Gasteiger partial charge on any atom is 0.314 e. The van der Waals surface area contributed by atoms with Crippen LogP contribution in [0.3, 0.4) is 0 Å². The summed E-state index contributed by atoms with van der Waals surface area (Å²) in [6, 6.07) is 7.85. The highest BCUT2D eigenvalue weighted by Crippen LogP contribution is 2.57. The van der Waals surface area contributed by atoms with Gasteiger partial charge in [0.15, 0.2) is 10.8 Å². The Kier molecular flexibility index (Phi) is 3.03. The second-order valence-corrected chi connectivity index (χ2v) is 7.69. The van der Waals surface area contributed by atoms with E-state index >= 15 is 0 Å². The zero-order valence-corrected chi connectivity index (χ0v) is 13.9. The van der Waals surface area contributed by atoms with Crippen molar-refractivity contribution in [1.82, 2.24) is 0 Å². The molecule has 23 heavy (non-hydrogen) atoms. The van der Waals surface area contributed by atoms with E-state index in [4.69, 9.17) is 21.1 Å². The molecule has 1 fully saturated rings. The highest BCUT2D eigenvalue weighted by Gasteiger charge is 2.58. The van der Waals surface area contributed by atoms with Crippen LogP contribution in [0.4, 0.5) is 0 Å². The van der Waals surface area contributed by atoms with Crippen LogP contribution >= 0.6 is 11.6 Å². The normalized spacial score (nSPS) is 41.5. The number of carboxylic acid groups (broad SMARTS) is 1. The molecule has 122 valence electrons. The van der Waals surface area contributed by atoms with Crippen molar-refractivity contribution < 1.29 is 19.4 Å². The predicted molar refractivity (Wildman–Crippen MR) is 86.0 cm³/mol. The van der Waals surface area contributed by atoms with E-state index < -0.39 is 22.2 Å². The molecule has 1 spiro atoms. The van der Waals surface area contributed by atoms with Gasteiger partial charge in [-0.1, -0.05) is 35.9 Å². The Morgan fingerprint density at radius 1 is 1.35 bits per heavy atom. The summed E-state index contributed by atoms with van der Waals surface area (Å²) in [6.45, 7) is 3.66. The number of alkyl halides is 1. The Hall–Kier alpha value is -1.36. The highest BCUT2D eigenvalue weighted by molar-refractivity contribution is 6.23. The van der Waals surface area contributed by atoms with Crippen molar-refractivity contribution in [3.63, 3.8) is 0 Å². The number of ether oxygens (including phenoxy) is 2. The molecule has 1 heterocycles. The van der Waals surface area contributed by atoms with E-state index in [9.17, 15) is 9.90 Å². The van der Waals surface area contributed by atoms with Gasteiger partial charge < -0.3 is 14.6 Å². The van der Waals surface area contributed by atoms with Gasteiger partial charge in [-0.05, 0) is 49.5 Å². The Labute approximate surface area is 140 Å². The van der Waals surface area contributed by atoms with Gasteiger partial charge in [0.25, 0.3) is 0 Å². The summed E-state index contributed by atoms with van der Waals surface area (Å²) in [5, 5.41) is 9.00. The SMILES string of the molecule is CC1OC2(C=C3c4ccccc4CC3(C(=O)O)CC2)OC1(C)Cl. The lowest BCUT2D eigenvalue weighted by atomic mass is 9.71. The van der Waals surface area contributed by atoms with Crippen LogP contribution in [0.1, 0.15) is 37.8 Å². The van der Waals surface area contributed by atoms with Crippen LogP contribution in [0, 0.1) is 5.41 Å². The van der Waals surface area contributed by atoms with Crippen molar-refractivity contribution in [1.29, 1.82) is 0 Å². The van der Waals surface area contributed by atoms with Crippen molar-refractivity contribution in [2.24, 2.45) is 5.41 Å². The maximum absolute atomic E-state index is 12.1. The minimum absolute atomic E-state index is 0.269. The van der Waals surface area contributed by atoms with Gasteiger partial charge in [-0.2, -0.15) is 0 Å². The summed E-state index contributed by atoms with van der Waals surface area (Å²) < 4.78 is 12.0. The molecule has 4 unspecified atom stereocenters. The van der Waals surface area contributed by atoms with Gasteiger partial charge in [0, 0.05) is 6.42 Å². The van der Waals surface area contributed by atoms with Crippen LogP contribution in [-0.2, 0) is 20.7 Å². The largest absolute Gasteiger partial charge is 0.481 e. The minimum atomic E-state index is -0.929. The van der Waals surface area contributed by atoms with E-state index in [2.05, 4.69) is 0 Å². The fraction of sp³-hybridized carbons (Fsp3) is 0.500. The number of carboxylic acids is 1. The number of rotatable bonds is 1. The molecule has 0 saturated carbocycles. The van der Waals surface area contributed by atoms with Crippen molar-refractivity contribution in [2.45, 2.75) is 50.1 Å². The second-order valence-electron chi connectivity index (χ2n) is 6.94. The molecule has 1 aromatic rings. The lowest BCUT2D eigenvalue weighted by Crippen LogP contribution is -2.42. The van der Waals surface area contributed by atoms with Gasteiger partial charge in [-0.25, -0.2) is 0 Å². The standard InChI is InChI=1S/C18H19ClO4/c1-11-16(2,19)23-18(22-11)8-7-17(15(20)21)9-12-5-3-4-6-13(12)14(17)10-18/h3-6,10-11H,7-9H2,1-2H3,(H,20,21). The third kappa shape index (κ3) is 2.02. The first-order chi connectivity index (χ1) is 10.8. The Morgan fingerprint density at radius 3 is 2.74 bits per heavy atom. The Bertz CT molecular complexity index is 725. The van der Waals surface area contributed by atoms with E-state index in [0.717, 1.165) is 16.7 Å². The molecule has 0 aromatic heterocycles. The quantitative estimate of drug-likeness (QED) is 0.798. The zero-order valence-electron chi connectivity index (χ0n) is 13.1. The van der Waals surface area contributed by atoms with Crippen LogP contribution in [0.5, 0.6) is 0 Å². The molecule has 4 atom stereocenters. The smallest absolute Gasteiger partial charge is 0.314 e. The monoisotopic (exact) mass is 334 g/mol. The van der Waals surface area contributed by atoms with Crippen molar-refractivity contribution in [3.05, 3.63) is 41.5 Å². The number of benzene rings is 1. The van der Waals surface area contributed by atoms with E-state index in [1.807, 2.05) is 37.3 Å². The van der Waals surface area contributed by atoms with Gasteiger partial charge in [0.05, 0.1) is 5.41 Å². The van der Waals surface area contributed by atoms with Gasteiger partial charge in [0.2, 0.25) is 0 Å². The summed E-state index contributed by atoms with van der Waals surface area (Å²) >= 11 is 6.39. The molecular formula is C18H19ClO4. The van der Waals surface area contributed by atoms with E-state index in [-0.39, 0.29) is 6.10 Å². The molecule has 2 aliphatic carbocycles. The van der Waals surface area contributed by atoms with Crippen molar-refractivity contribution in [2.75, 3.05) is 0 Å². The molecule has 3 aliphatic rings. The van der Waals surface area contributed by atoms with Crippen LogP contribution in [0.15, 0.2) is 30.3 Å². The van der Waals surface area contributed by atoms with Crippen LogP contribution < -0.4 is 0 Å². The summed E-state index contributed by atoms with van der Waals surface area (Å²) in [5.74, 6) is -1.71. The third-order valence-corrected chi connectivity index (χ3v) is 5.85. The van der Waals surface area contributed by atoms with E-state index in [0.29, 0.717) is 19.3 Å². The molecule has 0 bridgehead atoms. The lowest BCUT2D eigenvalue weighted by Gasteiger charge is -2.38. The third-order valence-electron chi connectivity index (χ3n) is 5.46. The van der Waals surface area contributed by atoms with Crippen LogP contribution in [-0.4, -0.2) is 28.0 Å². The number of carbonyl (C=O) groups is 1. The van der Waals surface area contributed by atoms with Gasteiger partial charge in [-0.15, -0.1) is 0 Å². The van der Waals surface area contributed by atoms with E-state index in [1.165, 1.54) is 0 Å².